The highest BCUT2D eigenvalue weighted by molar-refractivity contribution is 7.10. The minimum absolute atomic E-state index is 0.00249. The molecule has 0 aromatic carbocycles. The molecule has 5 heteroatoms. The number of carbonyl (C=O) groups excluding carboxylic acids is 1. The van der Waals surface area contributed by atoms with Crippen LogP contribution in [0.3, 0.4) is 0 Å². The van der Waals surface area contributed by atoms with Crippen molar-refractivity contribution < 1.29 is 4.79 Å². The third-order valence-electron chi connectivity index (χ3n) is 2.91. The van der Waals surface area contributed by atoms with Gasteiger partial charge in [-0.3, -0.25) is 4.79 Å². The van der Waals surface area contributed by atoms with Gasteiger partial charge in [-0.05, 0) is 30.5 Å². The number of hydrogen-bond acceptors (Lipinski definition) is 3. The smallest absolute Gasteiger partial charge is 0.272 e. The Morgan fingerprint density at radius 2 is 2.26 bits per heavy atom. The number of carbonyl (C=O) groups is 1. The Hall–Kier alpha value is -2.14. The van der Waals surface area contributed by atoms with E-state index in [1.807, 2.05) is 53.2 Å². The van der Waals surface area contributed by atoms with Gasteiger partial charge in [-0.25, -0.2) is 4.98 Å². The Kier molecular flexibility index (Phi) is 3.05. The Morgan fingerprint density at radius 3 is 3.00 bits per heavy atom. The number of thiophene rings is 1. The third kappa shape index (κ3) is 2.37. The van der Waals surface area contributed by atoms with Crippen LogP contribution in [0.5, 0.6) is 0 Å². The molecule has 0 aliphatic carbocycles. The topological polar surface area (TPSA) is 46.4 Å². The van der Waals surface area contributed by atoms with Crippen molar-refractivity contribution in [2.75, 3.05) is 0 Å². The number of nitrogens with one attached hydrogen (secondary N) is 1. The van der Waals surface area contributed by atoms with Crippen LogP contribution >= 0.6 is 11.3 Å². The van der Waals surface area contributed by atoms with E-state index in [4.69, 9.17) is 0 Å². The van der Waals surface area contributed by atoms with Crippen molar-refractivity contribution >= 4 is 22.9 Å². The molecule has 1 atom stereocenters. The summed E-state index contributed by atoms with van der Waals surface area (Å²) in [5.41, 5.74) is 1.21. The van der Waals surface area contributed by atoms with Crippen LogP contribution in [0.1, 0.15) is 28.3 Å². The molecule has 1 amide bonds. The zero-order valence-electron chi connectivity index (χ0n) is 10.4. The first-order valence-corrected chi connectivity index (χ1v) is 6.90. The van der Waals surface area contributed by atoms with Crippen LogP contribution in [-0.4, -0.2) is 15.3 Å². The van der Waals surface area contributed by atoms with E-state index in [2.05, 4.69) is 10.3 Å². The van der Waals surface area contributed by atoms with Crippen LogP contribution in [0.2, 0.25) is 0 Å². The van der Waals surface area contributed by atoms with Gasteiger partial charge in [0.25, 0.3) is 5.91 Å². The average Bonchev–Trinajstić information content (AvgIpc) is 3.07. The second kappa shape index (κ2) is 4.85. The first kappa shape index (κ1) is 11.9. The lowest BCUT2D eigenvalue weighted by Crippen LogP contribution is -2.26. The van der Waals surface area contributed by atoms with E-state index in [1.54, 1.807) is 17.5 Å². The minimum atomic E-state index is -0.149. The van der Waals surface area contributed by atoms with Crippen molar-refractivity contribution in [3.63, 3.8) is 0 Å². The van der Waals surface area contributed by atoms with E-state index in [0.29, 0.717) is 5.69 Å². The van der Waals surface area contributed by atoms with Crippen molar-refractivity contribution in [1.29, 1.82) is 0 Å². The maximum Gasteiger partial charge on any atom is 0.272 e. The molecule has 96 valence electrons. The lowest BCUT2D eigenvalue weighted by molar-refractivity contribution is 0.0936. The first-order valence-electron chi connectivity index (χ1n) is 6.02. The Morgan fingerprint density at radius 1 is 1.37 bits per heavy atom. The number of imidazole rings is 1. The molecule has 0 unspecified atom stereocenters. The fourth-order valence-corrected chi connectivity index (χ4v) is 2.66. The standard InChI is InChI=1S/C14H13N3OS/c1-10(12-5-4-8-19-12)15-14(18)11-9-17-7-3-2-6-13(17)16-11/h2-10H,1H3,(H,15,18)/t10-/m1/s1. The summed E-state index contributed by atoms with van der Waals surface area (Å²) in [6, 6.07) is 9.67. The van der Waals surface area contributed by atoms with Crippen molar-refractivity contribution in [3.05, 3.63) is 58.7 Å². The molecular weight excluding hydrogens is 258 g/mol. The van der Waals surface area contributed by atoms with Crippen LogP contribution in [0.15, 0.2) is 48.1 Å². The maximum absolute atomic E-state index is 12.1. The van der Waals surface area contributed by atoms with E-state index in [9.17, 15) is 4.79 Å². The summed E-state index contributed by atoms with van der Waals surface area (Å²) in [6.07, 6.45) is 3.62. The molecule has 0 aliphatic rings. The van der Waals surface area contributed by atoms with E-state index < -0.39 is 0 Å². The van der Waals surface area contributed by atoms with Gasteiger partial charge < -0.3 is 9.72 Å². The van der Waals surface area contributed by atoms with Gasteiger partial charge in [-0.2, -0.15) is 0 Å². The lowest BCUT2D eigenvalue weighted by atomic mass is 10.2. The highest BCUT2D eigenvalue weighted by atomic mass is 32.1. The largest absolute Gasteiger partial charge is 0.343 e. The number of rotatable bonds is 3. The van der Waals surface area contributed by atoms with Crippen LogP contribution in [0.4, 0.5) is 0 Å². The van der Waals surface area contributed by atoms with Crippen molar-refractivity contribution in [2.45, 2.75) is 13.0 Å². The van der Waals surface area contributed by atoms with Gasteiger partial charge in [0.2, 0.25) is 0 Å². The second-order valence-electron chi connectivity index (χ2n) is 4.30. The number of fused-ring (bicyclic) bond motifs is 1. The van der Waals surface area contributed by atoms with Crippen LogP contribution < -0.4 is 5.32 Å². The molecule has 0 bridgehead atoms. The van der Waals surface area contributed by atoms with Crippen LogP contribution in [0, 0.1) is 0 Å². The highest BCUT2D eigenvalue weighted by Crippen LogP contribution is 2.18. The molecule has 3 rings (SSSR count). The van der Waals surface area contributed by atoms with E-state index in [1.165, 1.54) is 0 Å². The maximum atomic E-state index is 12.1. The average molecular weight is 271 g/mol. The SMILES string of the molecule is C[C@@H](NC(=O)c1cn2ccccc2n1)c1cccs1. The van der Waals surface area contributed by atoms with Gasteiger partial charge in [0.1, 0.15) is 11.3 Å². The fourth-order valence-electron chi connectivity index (χ4n) is 1.92. The molecule has 0 fully saturated rings. The van der Waals surface area contributed by atoms with Crippen LogP contribution in [0.25, 0.3) is 5.65 Å². The fraction of sp³-hybridized carbons (Fsp3) is 0.143. The second-order valence-corrected chi connectivity index (χ2v) is 5.28. The first-order chi connectivity index (χ1) is 9.24. The minimum Gasteiger partial charge on any atom is -0.343 e. The summed E-state index contributed by atoms with van der Waals surface area (Å²) in [5, 5.41) is 4.96. The molecule has 0 spiro atoms. The summed E-state index contributed by atoms with van der Waals surface area (Å²) in [7, 11) is 0. The van der Waals surface area contributed by atoms with Gasteiger partial charge >= 0.3 is 0 Å². The van der Waals surface area contributed by atoms with Gasteiger partial charge in [-0.1, -0.05) is 12.1 Å². The predicted octanol–water partition coefficient (Wildman–Crippen LogP) is 2.89. The monoisotopic (exact) mass is 271 g/mol. The predicted molar refractivity (Wildman–Crippen MR) is 75.4 cm³/mol. The Balaban J connectivity index is 1.80. The van der Waals surface area contributed by atoms with Gasteiger partial charge in [-0.15, -0.1) is 11.3 Å². The number of nitrogens with zero attached hydrogens (tertiary/aromatic N) is 2. The molecule has 3 aromatic rings. The quantitative estimate of drug-likeness (QED) is 0.796. The molecule has 0 radical (unpaired) electrons. The molecule has 0 saturated heterocycles. The number of amides is 1. The molecule has 4 nitrogen and oxygen atoms in total. The molecule has 19 heavy (non-hydrogen) atoms. The Labute approximate surface area is 114 Å². The molecule has 3 heterocycles. The molecule has 0 saturated carbocycles. The normalized spacial score (nSPS) is 12.5. The summed E-state index contributed by atoms with van der Waals surface area (Å²) in [6.45, 7) is 1.97. The van der Waals surface area contributed by atoms with E-state index in [0.717, 1.165) is 10.5 Å². The summed E-state index contributed by atoms with van der Waals surface area (Å²) in [5.74, 6) is -0.149. The lowest BCUT2D eigenvalue weighted by Gasteiger charge is -2.10. The van der Waals surface area contributed by atoms with Crippen molar-refractivity contribution in [2.24, 2.45) is 0 Å². The molecule has 3 aromatic heterocycles. The third-order valence-corrected chi connectivity index (χ3v) is 3.97. The number of hydrogen-bond donors (Lipinski definition) is 1. The summed E-state index contributed by atoms with van der Waals surface area (Å²) in [4.78, 5) is 17.6. The van der Waals surface area contributed by atoms with Gasteiger partial charge in [0.15, 0.2) is 0 Å². The zero-order chi connectivity index (χ0) is 13.2. The molecule has 1 N–H and O–H groups in total. The molecular formula is C14H13N3OS. The highest BCUT2D eigenvalue weighted by Gasteiger charge is 2.14. The van der Waals surface area contributed by atoms with Crippen molar-refractivity contribution in [1.82, 2.24) is 14.7 Å². The van der Waals surface area contributed by atoms with E-state index >= 15 is 0 Å². The number of aromatic nitrogens is 2. The van der Waals surface area contributed by atoms with Crippen molar-refractivity contribution in [3.8, 4) is 0 Å². The van der Waals surface area contributed by atoms with Crippen LogP contribution in [-0.2, 0) is 0 Å². The van der Waals surface area contributed by atoms with Gasteiger partial charge in [0.05, 0.1) is 6.04 Å². The summed E-state index contributed by atoms with van der Waals surface area (Å²) >= 11 is 1.63. The molecule has 0 aliphatic heterocycles. The zero-order valence-corrected chi connectivity index (χ0v) is 11.2. The number of pyridine rings is 1. The Bertz CT molecular complexity index is 669. The summed E-state index contributed by atoms with van der Waals surface area (Å²) < 4.78 is 1.84. The van der Waals surface area contributed by atoms with Gasteiger partial charge in [0, 0.05) is 17.3 Å². The van der Waals surface area contributed by atoms with E-state index in [-0.39, 0.29) is 11.9 Å².